The summed E-state index contributed by atoms with van der Waals surface area (Å²) < 4.78 is 0. The van der Waals surface area contributed by atoms with Gasteiger partial charge in [-0.2, -0.15) is 0 Å². The van der Waals surface area contributed by atoms with Crippen LogP contribution in [-0.2, 0) is 4.79 Å². The van der Waals surface area contributed by atoms with E-state index >= 15 is 0 Å². The van der Waals surface area contributed by atoms with Gasteiger partial charge in [-0.05, 0) is 12.5 Å². The average molecular weight is 285 g/mol. The summed E-state index contributed by atoms with van der Waals surface area (Å²) in [4.78, 5) is 27.3. The van der Waals surface area contributed by atoms with Gasteiger partial charge in [0.1, 0.15) is 5.15 Å². The Balaban J connectivity index is 2.21. The second kappa shape index (κ2) is 5.40. The van der Waals surface area contributed by atoms with E-state index in [1.807, 2.05) is 0 Å². The lowest BCUT2D eigenvalue weighted by molar-refractivity contribution is -0.384. The van der Waals surface area contributed by atoms with Crippen LogP contribution in [0.5, 0.6) is 0 Å². The number of anilines is 1. The Labute approximate surface area is 114 Å². The molecule has 1 amide bonds. The number of nitrogens with one attached hydrogen (secondary N) is 1. The van der Waals surface area contributed by atoms with E-state index in [2.05, 4.69) is 10.3 Å². The predicted octanol–water partition coefficient (Wildman–Crippen LogP) is 1.36. The fraction of sp³-hybridized carbons (Fsp3) is 0.455. The number of pyridine rings is 1. The number of nitro groups is 1. The van der Waals surface area contributed by atoms with Crippen LogP contribution in [-0.4, -0.2) is 34.9 Å². The molecule has 7 nitrogen and oxygen atoms in total. The lowest BCUT2D eigenvalue weighted by Crippen LogP contribution is -2.35. The molecule has 0 spiro atoms. The first-order valence-corrected chi connectivity index (χ1v) is 6.18. The Hall–Kier alpha value is -1.89. The largest absolute Gasteiger partial charge is 0.352 e. The smallest absolute Gasteiger partial charge is 0.311 e. The highest BCUT2D eigenvalue weighted by molar-refractivity contribution is 6.29. The average Bonchev–Trinajstić information content (AvgIpc) is 2.75. The standard InChI is InChI=1S/C11H13ClN4O3/c1-7(17)13-8-4-5-15(6-8)11-9(16(18)19)2-3-10(12)14-11/h2-3,8H,4-6H2,1H3,(H,13,17). The number of halogens is 1. The predicted molar refractivity (Wildman–Crippen MR) is 70.3 cm³/mol. The number of carbonyl (C=O) groups is 1. The maximum absolute atomic E-state index is 11.0. The van der Waals surface area contributed by atoms with Crippen LogP contribution in [0.1, 0.15) is 13.3 Å². The van der Waals surface area contributed by atoms with Gasteiger partial charge in [0.15, 0.2) is 0 Å². The second-order valence-corrected chi connectivity index (χ2v) is 4.75. The Bertz CT molecular complexity index is 523. The Kier molecular flexibility index (Phi) is 3.84. The van der Waals surface area contributed by atoms with Gasteiger partial charge in [0.25, 0.3) is 0 Å². The van der Waals surface area contributed by atoms with E-state index in [0.717, 1.165) is 6.42 Å². The molecule has 102 valence electrons. The van der Waals surface area contributed by atoms with Crippen molar-refractivity contribution in [2.75, 3.05) is 18.0 Å². The number of hydrogen-bond acceptors (Lipinski definition) is 5. The lowest BCUT2D eigenvalue weighted by Gasteiger charge is -2.17. The Morgan fingerprint density at radius 1 is 1.63 bits per heavy atom. The van der Waals surface area contributed by atoms with E-state index < -0.39 is 4.92 Å². The van der Waals surface area contributed by atoms with E-state index in [1.54, 1.807) is 4.90 Å². The van der Waals surface area contributed by atoms with Crippen molar-refractivity contribution < 1.29 is 9.72 Å². The van der Waals surface area contributed by atoms with E-state index in [4.69, 9.17) is 11.6 Å². The van der Waals surface area contributed by atoms with Crippen LogP contribution in [0.25, 0.3) is 0 Å². The summed E-state index contributed by atoms with van der Waals surface area (Å²) >= 11 is 5.79. The molecule has 2 heterocycles. The van der Waals surface area contributed by atoms with Crippen molar-refractivity contribution in [2.45, 2.75) is 19.4 Å². The van der Waals surface area contributed by atoms with Crippen LogP contribution in [0.15, 0.2) is 12.1 Å². The van der Waals surface area contributed by atoms with Gasteiger partial charge in [-0.1, -0.05) is 11.6 Å². The number of hydrogen-bond donors (Lipinski definition) is 1. The summed E-state index contributed by atoms with van der Waals surface area (Å²) in [5, 5.41) is 14.0. The van der Waals surface area contributed by atoms with Gasteiger partial charge >= 0.3 is 5.69 Å². The first-order valence-electron chi connectivity index (χ1n) is 5.80. The van der Waals surface area contributed by atoms with E-state index in [1.165, 1.54) is 19.1 Å². The number of amides is 1. The van der Waals surface area contributed by atoms with Crippen LogP contribution < -0.4 is 10.2 Å². The van der Waals surface area contributed by atoms with Crippen LogP contribution in [0, 0.1) is 10.1 Å². The molecule has 1 aromatic rings. The van der Waals surface area contributed by atoms with Gasteiger partial charge in [0, 0.05) is 32.1 Å². The maximum Gasteiger partial charge on any atom is 0.311 e. The highest BCUT2D eigenvalue weighted by Crippen LogP contribution is 2.30. The van der Waals surface area contributed by atoms with Crippen molar-refractivity contribution >= 4 is 29.0 Å². The molecule has 2 rings (SSSR count). The number of aromatic nitrogens is 1. The van der Waals surface area contributed by atoms with Gasteiger partial charge in [0.2, 0.25) is 11.7 Å². The molecule has 8 heteroatoms. The molecule has 0 aromatic carbocycles. The third-order valence-electron chi connectivity index (χ3n) is 2.91. The quantitative estimate of drug-likeness (QED) is 0.514. The van der Waals surface area contributed by atoms with E-state index in [9.17, 15) is 14.9 Å². The van der Waals surface area contributed by atoms with Crippen LogP contribution in [0.2, 0.25) is 5.15 Å². The summed E-state index contributed by atoms with van der Waals surface area (Å²) in [7, 11) is 0. The minimum atomic E-state index is -0.482. The molecular weight excluding hydrogens is 272 g/mol. The van der Waals surface area contributed by atoms with Gasteiger partial charge in [-0.3, -0.25) is 14.9 Å². The highest BCUT2D eigenvalue weighted by atomic mass is 35.5. The van der Waals surface area contributed by atoms with Gasteiger partial charge in [-0.15, -0.1) is 0 Å². The van der Waals surface area contributed by atoms with Crippen molar-refractivity contribution in [1.29, 1.82) is 0 Å². The summed E-state index contributed by atoms with van der Waals surface area (Å²) in [6.07, 6.45) is 0.727. The molecule has 1 N–H and O–H groups in total. The second-order valence-electron chi connectivity index (χ2n) is 4.37. The minimum Gasteiger partial charge on any atom is -0.352 e. The zero-order chi connectivity index (χ0) is 14.0. The molecule has 1 aliphatic rings. The molecule has 1 aliphatic heterocycles. The fourth-order valence-electron chi connectivity index (χ4n) is 2.15. The van der Waals surface area contributed by atoms with Gasteiger partial charge < -0.3 is 10.2 Å². The van der Waals surface area contributed by atoms with Crippen LogP contribution in [0.4, 0.5) is 11.5 Å². The molecule has 1 saturated heterocycles. The summed E-state index contributed by atoms with van der Waals surface area (Å²) in [5.41, 5.74) is -0.0760. The zero-order valence-corrected chi connectivity index (χ0v) is 11.1. The Morgan fingerprint density at radius 2 is 2.37 bits per heavy atom. The van der Waals surface area contributed by atoms with Crippen molar-refractivity contribution in [1.82, 2.24) is 10.3 Å². The topological polar surface area (TPSA) is 88.4 Å². The van der Waals surface area contributed by atoms with Gasteiger partial charge in [-0.25, -0.2) is 4.98 Å². The van der Waals surface area contributed by atoms with Crippen LogP contribution >= 0.6 is 11.6 Å². The number of carbonyl (C=O) groups excluding carboxylic acids is 1. The first-order chi connectivity index (χ1) is 8.97. The number of rotatable bonds is 3. The normalized spacial score (nSPS) is 18.4. The maximum atomic E-state index is 11.0. The number of nitrogens with zero attached hydrogens (tertiary/aromatic N) is 3. The molecule has 0 aliphatic carbocycles. The molecule has 1 fully saturated rings. The molecular formula is C11H13ClN4O3. The molecule has 19 heavy (non-hydrogen) atoms. The summed E-state index contributed by atoms with van der Waals surface area (Å²) in [6.45, 7) is 2.54. The van der Waals surface area contributed by atoms with Gasteiger partial charge in [0.05, 0.1) is 4.92 Å². The molecule has 0 bridgehead atoms. The van der Waals surface area contributed by atoms with Crippen molar-refractivity contribution in [3.63, 3.8) is 0 Å². The van der Waals surface area contributed by atoms with E-state index in [-0.39, 0.29) is 28.6 Å². The molecule has 1 unspecified atom stereocenters. The minimum absolute atomic E-state index is 0.0158. The SMILES string of the molecule is CC(=O)NC1CCN(c2nc(Cl)ccc2[N+](=O)[O-])C1. The van der Waals surface area contributed by atoms with Crippen molar-refractivity contribution in [3.8, 4) is 0 Å². The molecule has 1 atom stereocenters. The summed E-state index contributed by atoms with van der Waals surface area (Å²) in [5.74, 6) is 0.144. The first kappa shape index (κ1) is 13.5. The van der Waals surface area contributed by atoms with Crippen molar-refractivity contribution in [2.24, 2.45) is 0 Å². The van der Waals surface area contributed by atoms with E-state index in [0.29, 0.717) is 13.1 Å². The summed E-state index contributed by atoms with van der Waals surface area (Å²) in [6, 6.07) is 2.72. The Morgan fingerprint density at radius 3 is 3.00 bits per heavy atom. The molecule has 1 aromatic heterocycles. The van der Waals surface area contributed by atoms with Crippen molar-refractivity contribution in [3.05, 3.63) is 27.4 Å². The fourth-order valence-corrected chi connectivity index (χ4v) is 2.29. The lowest BCUT2D eigenvalue weighted by atomic mass is 10.2. The highest BCUT2D eigenvalue weighted by Gasteiger charge is 2.29. The molecule has 0 saturated carbocycles. The zero-order valence-electron chi connectivity index (χ0n) is 10.3. The monoisotopic (exact) mass is 284 g/mol. The van der Waals surface area contributed by atoms with Crippen LogP contribution in [0.3, 0.4) is 0 Å². The molecule has 0 radical (unpaired) electrons. The third kappa shape index (κ3) is 3.11. The third-order valence-corrected chi connectivity index (χ3v) is 3.12.